The first-order chi connectivity index (χ1) is 4.63. The lowest BCUT2D eigenvalue weighted by molar-refractivity contribution is 0.582. The van der Waals surface area contributed by atoms with Gasteiger partial charge < -0.3 is 5.73 Å². The van der Waals surface area contributed by atoms with E-state index >= 15 is 0 Å². The molecule has 1 aromatic heterocycles. The number of hydrogen-bond donors (Lipinski definition) is 1. The molecule has 1 heterocycles. The van der Waals surface area contributed by atoms with Gasteiger partial charge in [0.1, 0.15) is 5.69 Å². The van der Waals surface area contributed by atoms with Crippen molar-refractivity contribution >= 4 is 17.3 Å². The molecule has 0 aliphatic carbocycles. The topological polar surface area (TPSA) is 38.9 Å². The quantitative estimate of drug-likeness (QED) is 0.592. The van der Waals surface area contributed by atoms with Crippen LogP contribution in [0.25, 0.3) is 0 Å². The summed E-state index contributed by atoms with van der Waals surface area (Å²) in [4.78, 5) is 3.17. The van der Waals surface area contributed by atoms with Crippen molar-refractivity contribution in [2.45, 2.75) is 0 Å². The summed E-state index contributed by atoms with van der Waals surface area (Å²) in [5, 5.41) is -0.418. The van der Waals surface area contributed by atoms with Gasteiger partial charge in [0.25, 0.3) is 0 Å². The molecule has 0 bridgehead atoms. The highest BCUT2D eigenvalue weighted by molar-refractivity contribution is 6.29. The second kappa shape index (κ2) is 2.38. The lowest BCUT2D eigenvalue weighted by Gasteiger charge is -1.97. The molecule has 0 saturated heterocycles. The number of anilines is 1. The molecule has 54 valence electrons. The van der Waals surface area contributed by atoms with Crippen LogP contribution < -0.4 is 5.73 Å². The highest BCUT2D eigenvalue weighted by atomic mass is 35.5. The van der Waals surface area contributed by atoms with E-state index in [1.54, 1.807) is 0 Å². The van der Waals surface area contributed by atoms with Gasteiger partial charge in [-0.3, -0.25) is 0 Å². The molecule has 0 unspecified atom stereocenters. The van der Waals surface area contributed by atoms with E-state index in [2.05, 4.69) is 4.98 Å². The van der Waals surface area contributed by atoms with Crippen molar-refractivity contribution in [3.63, 3.8) is 0 Å². The van der Waals surface area contributed by atoms with Gasteiger partial charge in [-0.05, 0) is 0 Å². The predicted molar refractivity (Wildman–Crippen MR) is 33.6 cm³/mol. The Morgan fingerprint density at radius 2 is 2.10 bits per heavy atom. The van der Waals surface area contributed by atoms with Crippen LogP contribution in [0.5, 0.6) is 0 Å². The highest BCUT2D eigenvalue weighted by Crippen LogP contribution is 2.19. The van der Waals surface area contributed by atoms with Gasteiger partial charge in [-0.15, -0.1) is 0 Å². The summed E-state index contributed by atoms with van der Waals surface area (Å²) in [5.41, 5.74) is 4.31. The lowest BCUT2D eigenvalue weighted by atomic mass is 10.4. The van der Waals surface area contributed by atoms with Gasteiger partial charge in [-0.2, -0.15) is 0 Å². The van der Waals surface area contributed by atoms with E-state index in [1.807, 2.05) is 0 Å². The predicted octanol–water partition coefficient (Wildman–Crippen LogP) is 1.60. The number of nitrogens with zero attached hydrogens (tertiary/aromatic N) is 1. The zero-order valence-electron chi connectivity index (χ0n) is 4.74. The van der Waals surface area contributed by atoms with Crippen molar-refractivity contribution in [2.24, 2.45) is 0 Å². The number of halogens is 3. The molecule has 0 aliphatic rings. The highest BCUT2D eigenvalue weighted by Gasteiger charge is 2.08. The average molecular weight is 165 g/mol. The van der Waals surface area contributed by atoms with Crippen molar-refractivity contribution in [1.29, 1.82) is 0 Å². The first-order valence-electron chi connectivity index (χ1n) is 2.38. The first-order valence-corrected chi connectivity index (χ1v) is 2.75. The average Bonchev–Trinajstić information content (AvgIpc) is 1.93. The second-order valence-electron chi connectivity index (χ2n) is 1.62. The first kappa shape index (κ1) is 7.21. The minimum Gasteiger partial charge on any atom is -0.394 e. The largest absolute Gasteiger partial charge is 0.394 e. The maximum atomic E-state index is 12.4. The minimum absolute atomic E-state index is 0.418. The van der Waals surface area contributed by atoms with Crippen LogP contribution in [0.4, 0.5) is 14.5 Å². The lowest BCUT2D eigenvalue weighted by Crippen LogP contribution is -1.97. The van der Waals surface area contributed by atoms with E-state index in [1.165, 1.54) is 0 Å². The molecule has 0 spiro atoms. The Kier molecular flexibility index (Phi) is 1.72. The Labute approximate surface area is 60.6 Å². The molecule has 0 aromatic carbocycles. The SMILES string of the molecule is Nc1c(F)cnc(Cl)c1F. The molecule has 0 radical (unpaired) electrons. The van der Waals surface area contributed by atoms with Crippen molar-refractivity contribution in [3.05, 3.63) is 23.0 Å². The number of nitrogen functional groups attached to an aromatic ring is 1. The molecule has 1 aromatic rings. The summed E-state index contributed by atoms with van der Waals surface area (Å²) in [6.45, 7) is 0. The van der Waals surface area contributed by atoms with Gasteiger partial charge in [-0.1, -0.05) is 11.6 Å². The Morgan fingerprint density at radius 3 is 2.60 bits per heavy atom. The van der Waals surface area contributed by atoms with Crippen LogP contribution >= 0.6 is 11.6 Å². The third-order valence-electron chi connectivity index (χ3n) is 0.966. The number of nitrogens with two attached hydrogens (primary N) is 1. The van der Waals surface area contributed by atoms with Gasteiger partial charge in [0, 0.05) is 0 Å². The Bertz CT molecular complexity index is 237. The number of hydrogen-bond acceptors (Lipinski definition) is 2. The molecular formula is C5H3ClF2N2. The molecule has 0 saturated carbocycles. The monoisotopic (exact) mass is 164 g/mol. The zero-order valence-corrected chi connectivity index (χ0v) is 5.49. The Morgan fingerprint density at radius 1 is 1.50 bits per heavy atom. The van der Waals surface area contributed by atoms with Gasteiger partial charge in [-0.25, -0.2) is 13.8 Å². The van der Waals surface area contributed by atoms with Crippen LogP contribution in [-0.2, 0) is 0 Å². The van der Waals surface area contributed by atoms with Crippen LogP contribution in [0.15, 0.2) is 6.20 Å². The van der Waals surface area contributed by atoms with E-state index < -0.39 is 22.5 Å². The van der Waals surface area contributed by atoms with E-state index in [0.29, 0.717) is 0 Å². The molecule has 0 aliphatic heterocycles. The normalized spacial score (nSPS) is 9.90. The standard InChI is InChI=1S/C5H3ClF2N2/c6-5-3(8)4(9)2(7)1-10-5/h1H,(H2,9,10). The Balaban J connectivity index is 3.34. The van der Waals surface area contributed by atoms with E-state index in [4.69, 9.17) is 17.3 Å². The Hall–Kier alpha value is -0.900. The molecule has 0 amide bonds. The maximum absolute atomic E-state index is 12.4. The fraction of sp³-hybridized carbons (Fsp3) is 0. The summed E-state index contributed by atoms with van der Waals surface area (Å²) < 4.78 is 24.7. The van der Waals surface area contributed by atoms with Crippen molar-refractivity contribution in [2.75, 3.05) is 5.73 Å². The van der Waals surface area contributed by atoms with Gasteiger partial charge in [0.15, 0.2) is 16.8 Å². The molecule has 10 heavy (non-hydrogen) atoms. The fourth-order valence-electron chi connectivity index (χ4n) is 0.456. The summed E-state index contributed by atoms with van der Waals surface area (Å²) >= 11 is 5.15. The summed E-state index contributed by atoms with van der Waals surface area (Å²) in [6.07, 6.45) is 0.765. The molecule has 0 atom stereocenters. The van der Waals surface area contributed by atoms with Crippen LogP contribution in [0.3, 0.4) is 0 Å². The fourth-order valence-corrected chi connectivity index (χ4v) is 0.606. The van der Waals surface area contributed by atoms with E-state index in [-0.39, 0.29) is 0 Å². The second-order valence-corrected chi connectivity index (χ2v) is 1.98. The van der Waals surface area contributed by atoms with Crippen molar-refractivity contribution < 1.29 is 8.78 Å². The maximum Gasteiger partial charge on any atom is 0.186 e. The molecule has 2 nitrogen and oxygen atoms in total. The van der Waals surface area contributed by atoms with Crippen molar-refractivity contribution in [3.8, 4) is 0 Å². The van der Waals surface area contributed by atoms with Gasteiger partial charge >= 0.3 is 0 Å². The zero-order chi connectivity index (χ0) is 7.72. The molecular weight excluding hydrogens is 162 g/mol. The summed E-state index contributed by atoms with van der Waals surface area (Å²) in [7, 11) is 0. The van der Waals surface area contributed by atoms with Gasteiger partial charge in [0.05, 0.1) is 6.20 Å². The molecule has 0 fully saturated rings. The summed E-state index contributed by atoms with van der Waals surface area (Å²) in [6, 6.07) is 0. The van der Waals surface area contributed by atoms with Crippen LogP contribution in [-0.4, -0.2) is 4.98 Å². The number of aromatic nitrogens is 1. The number of rotatable bonds is 0. The smallest absolute Gasteiger partial charge is 0.186 e. The van der Waals surface area contributed by atoms with Crippen LogP contribution in [0.2, 0.25) is 5.15 Å². The van der Waals surface area contributed by atoms with E-state index in [0.717, 1.165) is 6.20 Å². The van der Waals surface area contributed by atoms with Crippen LogP contribution in [0.1, 0.15) is 0 Å². The molecule has 2 N–H and O–H groups in total. The van der Waals surface area contributed by atoms with E-state index in [9.17, 15) is 8.78 Å². The number of pyridine rings is 1. The molecule has 1 rings (SSSR count). The van der Waals surface area contributed by atoms with Crippen molar-refractivity contribution in [1.82, 2.24) is 4.98 Å². The minimum atomic E-state index is -1.01. The van der Waals surface area contributed by atoms with Crippen LogP contribution in [0, 0.1) is 11.6 Å². The third-order valence-corrected chi connectivity index (χ3v) is 1.23. The third kappa shape index (κ3) is 1.02. The van der Waals surface area contributed by atoms with Gasteiger partial charge in [0.2, 0.25) is 0 Å². The molecule has 5 heteroatoms. The summed E-state index contributed by atoms with van der Waals surface area (Å²) in [5.74, 6) is -1.91.